The van der Waals surface area contributed by atoms with Crippen molar-refractivity contribution in [2.24, 2.45) is 0 Å². The lowest BCUT2D eigenvalue weighted by molar-refractivity contribution is -0.121. The Morgan fingerprint density at radius 3 is 2.88 bits per heavy atom. The van der Waals surface area contributed by atoms with Gasteiger partial charge in [-0.3, -0.25) is 9.59 Å². The zero-order chi connectivity index (χ0) is 17.1. The van der Waals surface area contributed by atoms with Crippen molar-refractivity contribution >= 4 is 34.8 Å². The molecule has 3 rings (SSSR count). The summed E-state index contributed by atoms with van der Waals surface area (Å²) in [5.74, 6) is -0.720. The largest absolute Gasteiger partial charge is 0.482 e. The van der Waals surface area contributed by atoms with E-state index in [9.17, 15) is 14.0 Å². The zero-order valence-corrected chi connectivity index (χ0v) is 13.3. The minimum absolute atomic E-state index is 0.0150. The molecule has 0 saturated carbocycles. The topological polar surface area (TPSA) is 58.6 Å². The number of rotatable bonds is 4. The van der Waals surface area contributed by atoms with Gasteiger partial charge in [-0.1, -0.05) is 29.8 Å². The second kappa shape index (κ2) is 6.88. The Balaban J connectivity index is 1.66. The van der Waals surface area contributed by atoms with E-state index in [1.165, 1.54) is 17.0 Å². The third-order valence-corrected chi connectivity index (χ3v) is 3.89. The van der Waals surface area contributed by atoms with E-state index in [2.05, 4.69) is 5.32 Å². The van der Waals surface area contributed by atoms with Gasteiger partial charge in [-0.15, -0.1) is 0 Å². The number of fused-ring (bicyclic) bond motifs is 1. The summed E-state index contributed by atoms with van der Waals surface area (Å²) in [6.45, 7) is 0.106. The van der Waals surface area contributed by atoms with Crippen molar-refractivity contribution in [2.45, 2.75) is 6.42 Å². The van der Waals surface area contributed by atoms with Crippen LogP contribution in [0, 0.1) is 5.82 Å². The Kier molecular flexibility index (Phi) is 4.66. The maximum absolute atomic E-state index is 13.8. The van der Waals surface area contributed by atoms with Crippen LogP contribution >= 0.6 is 11.6 Å². The molecule has 0 aliphatic carbocycles. The number of benzene rings is 2. The van der Waals surface area contributed by atoms with E-state index in [4.69, 9.17) is 16.3 Å². The number of carbonyl (C=O) groups is 2. The quantitative estimate of drug-likeness (QED) is 0.922. The van der Waals surface area contributed by atoms with Crippen molar-refractivity contribution in [3.8, 4) is 5.75 Å². The number of hydrogen-bond acceptors (Lipinski definition) is 3. The van der Waals surface area contributed by atoms with Crippen molar-refractivity contribution in [1.29, 1.82) is 0 Å². The number of anilines is 2. The maximum Gasteiger partial charge on any atom is 0.265 e. The molecule has 2 aromatic rings. The second-order valence-corrected chi connectivity index (χ2v) is 5.61. The lowest BCUT2D eigenvalue weighted by atomic mass is 10.2. The van der Waals surface area contributed by atoms with E-state index in [1.54, 1.807) is 30.3 Å². The lowest BCUT2D eigenvalue weighted by Gasteiger charge is -2.29. The summed E-state index contributed by atoms with van der Waals surface area (Å²) >= 11 is 5.68. The van der Waals surface area contributed by atoms with Gasteiger partial charge in [0.1, 0.15) is 5.75 Å². The molecule has 0 radical (unpaired) electrons. The van der Waals surface area contributed by atoms with Crippen LogP contribution in [0.1, 0.15) is 6.42 Å². The third kappa shape index (κ3) is 3.33. The van der Waals surface area contributed by atoms with Gasteiger partial charge in [-0.05, 0) is 24.3 Å². The third-order valence-electron chi connectivity index (χ3n) is 3.60. The van der Waals surface area contributed by atoms with E-state index in [0.29, 0.717) is 11.4 Å². The predicted octanol–water partition coefficient (Wildman–Crippen LogP) is 3.23. The average Bonchev–Trinajstić information content (AvgIpc) is 2.58. The fourth-order valence-electron chi connectivity index (χ4n) is 2.43. The summed E-state index contributed by atoms with van der Waals surface area (Å²) in [6, 6.07) is 11.5. The molecule has 0 saturated heterocycles. The number of nitrogens with one attached hydrogen (secondary N) is 1. The van der Waals surface area contributed by atoms with Crippen LogP contribution in [-0.4, -0.2) is 25.0 Å². The van der Waals surface area contributed by atoms with Gasteiger partial charge in [-0.2, -0.15) is 0 Å². The molecule has 5 nitrogen and oxygen atoms in total. The lowest BCUT2D eigenvalue weighted by Crippen LogP contribution is -2.40. The van der Waals surface area contributed by atoms with Gasteiger partial charge in [0.2, 0.25) is 5.91 Å². The number of amides is 2. The standard InChI is InChI=1S/C17H14ClFN2O3/c18-11-4-3-5-12(17(11)19)20-15(22)8-9-21-13-6-1-2-7-14(13)24-10-16(21)23/h1-7H,8-10H2,(H,20,22). The number of carbonyl (C=O) groups excluding carboxylic acids is 2. The molecule has 0 aromatic heterocycles. The molecule has 0 unspecified atom stereocenters. The summed E-state index contributed by atoms with van der Waals surface area (Å²) in [5, 5.41) is 2.40. The molecule has 1 heterocycles. The molecule has 7 heteroatoms. The van der Waals surface area contributed by atoms with Gasteiger partial charge < -0.3 is 15.0 Å². The molecule has 124 valence electrons. The highest BCUT2D eigenvalue weighted by Crippen LogP contribution is 2.31. The molecule has 2 aromatic carbocycles. The number of hydrogen-bond donors (Lipinski definition) is 1. The van der Waals surface area contributed by atoms with E-state index in [1.807, 2.05) is 0 Å². The minimum atomic E-state index is -0.680. The Labute approximate surface area is 143 Å². The highest BCUT2D eigenvalue weighted by Gasteiger charge is 2.25. The predicted molar refractivity (Wildman–Crippen MR) is 88.9 cm³/mol. The summed E-state index contributed by atoms with van der Waals surface area (Å²) in [5.41, 5.74) is 0.636. The Morgan fingerprint density at radius 1 is 1.25 bits per heavy atom. The zero-order valence-electron chi connectivity index (χ0n) is 12.6. The van der Waals surface area contributed by atoms with E-state index < -0.39 is 11.7 Å². The Morgan fingerprint density at radius 2 is 2.04 bits per heavy atom. The van der Waals surface area contributed by atoms with Gasteiger partial charge in [0.15, 0.2) is 12.4 Å². The van der Waals surface area contributed by atoms with E-state index in [-0.39, 0.29) is 36.2 Å². The Hall–Kier alpha value is -2.60. The highest BCUT2D eigenvalue weighted by molar-refractivity contribution is 6.31. The Bertz CT molecular complexity index is 797. The summed E-state index contributed by atoms with van der Waals surface area (Å²) in [7, 11) is 0. The van der Waals surface area contributed by atoms with Crippen LogP contribution in [0.5, 0.6) is 5.75 Å². The maximum atomic E-state index is 13.8. The molecule has 1 aliphatic rings. The van der Waals surface area contributed by atoms with Gasteiger partial charge in [-0.25, -0.2) is 4.39 Å². The van der Waals surface area contributed by atoms with Crippen LogP contribution in [0.4, 0.5) is 15.8 Å². The first-order chi connectivity index (χ1) is 11.6. The van der Waals surface area contributed by atoms with E-state index in [0.717, 1.165) is 0 Å². The molecular weight excluding hydrogens is 335 g/mol. The number of para-hydroxylation sites is 2. The van der Waals surface area contributed by atoms with Gasteiger partial charge in [0, 0.05) is 13.0 Å². The molecule has 0 bridgehead atoms. The highest BCUT2D eigenvalue weighted by atomic mass is 35.5. The molecule has 0 spiro atoms. The van der Waals surface area contributed by atoms with Gasteiger partial charge in [0.25, 0.3) is 5.91 Å². The summed E-state index contributed by atoms with van der Waals surface area (Å²) in [4.78, 5) is 25.6. The molecule has 0 fully saturated rings. The molecular formula is C17H14ClFN2O3. The average molecular weight is 349 g/mol. The SMILES string of the molecule is O=C(CCN1C(=O)COc2ccccc21)Nc1cccc(Cl)c1F. The monoisotopic (exact) mass is 348 g/mol. The van der Waals surface area contributed by atoms with Crippen LogP contribution in [0.25, 0.3) is 0 Å². The summed E-state index contributed by atoms with van der Waals surface area (Å²) < 4.78 is 19.1. The van der Waals surface area contributed by atoms with E-state index >= 15 is 0 Å². The normalized spacial score (nSPS) is 13.2. The smallest absolute Gasteiger partial charge is 0.265 e. The molecule has 24 heavy (non-hydrogen) atoms. The van der Waals surface area contributed by atoms with Crippen LogP contribution in [0.2, 0.25) is 5.02 Å². The van der Waals surface area contributed by atoms with Crippen molar-refractivity contribution < 1.29 is 18.7 Å². The van der Waals surface area contributed by atoms with Crippen molar-refractivity contribution in [1.82, 2.24) is 0 Å². The first-order valence-electron chi connectivity index (χ1n) is 7.32. The first-order valence-corrected chi connectivity index (χ1v) is 7.70. The number of halogens is 2. The molecule has 2 amide bonds. The van der Waals surface area contributed by atoms with Gasteiger partial charge >= 0.3 is 0 Å². The number of ether oxygens (including phenoxy) is 1. The van der Waals surface area contributed by atoms with Crippen LogP contribution in [-0.2, 0) is 9.59 Å². The van der Waals surface area contributed by atoms with Crippen molar-refractivity contribution in [3.05, 3.63) is 53.3 Å². The second-order valence-electron chi connectivity index (χ2n) is 5.20. The van der Waals surface area contributed by atoms with Gasteiger partial charge in [0.05, 0.1) is 16.4 Å². The molecule has 1 N–H and O–H groups in total. The van der Waals surface area contributed by atoms with Crippen molar-refractivity contribution in [2.75, 3.05) is 23.4 Å². The number of nitrogens with zero attached hydrogens (tertiary/aromatic N) is 1. The molecule has 1 aliphatic heterocycles. The molecule has 0 atom stereocenters. The fraction of sp³-hybridized carbons (Fsp3) is 0.176. The first kappa shape index (κ1) is 16.3. The van der Waals surface area contributed by atoms with Crippen LogP contribution < -0.4 is 15.0 Å². The minimum Gasteiger partial charge on any atom is -0.482 e. The van der Waals surface area contributed by atoms with Crippen LogP contribution in [0.15, 0.2) is 42.5 Å². The van der Waals surface area contributed by atoms with Crippen molar-refractivity contribution in [3.63, 3.8) is 0 Å². The summed E-state index contributed by atoms with van der Waals surface area (Å²) in [6.07, 6.45) is 0.0199. The van der Waals surface area contributed by atoms with Crippen LogP contribution in [0.3, 0.4) is 0 Å². The fourth-order valence-corrected chi connectivity index (χ4v) is 2.60.